The van der Waals surface area contributed by atoms with E-state index in [9.17, 15) is 9.59 Å². The number of rotatable bonds is 4. The minimum absolute atomic E-state index is 0. The van der Waals surface area contributed by atoms with Crippen molar-refractivity contribution in [2.24, 2.45) is 0 Å². The number of piperidine rings is 2. The van der Waals surface area contributed by atoms with Crippen molar-refractivity contribution in [3.05, 3.63) is 0 Å². The van der Waals surface area contributed by atoms with E-state index in [1.807, 2.05) is 6.92 Å². The third-order valence-electron chi connectivity index (χ3n) is 4.23. The van der Waals surface area contributed by atoms with E-state index in [-0.39, 0.29) is 36.3 Å². The van der Waals surface area contributed by atoms with E-state index in [0.717, 1.165) is 58.2 Å². The number of hydrogen-bond donors (Lipinski definition) is 2. The molecule has 0 aromatic heterocycles. The lowest BCUT2D eigenvalue weighted by atomic mass is 9.99. The van der Waals surface area contributed by atoms with Gasteiger partial charge >= 0.3 is 0 Å². The standard InChI is InChI=1S/C15H27N3O2.ClH/c1-2-6-14(19)18-10-4-3-8-13(18)15(20)17-12-7-5-9-16-11-12;/h12-13,16H,2-11H2,1H3,(H,17,20);1H/t12-,13?;/m0./s1. The van der Waals surface area contributed by atoms with Crippen LogP contribution in [0.4, 0.5) is 0 Å². The molecule has 2 fully saturated rings. The molecule has 6 heteroatoms. The maximum atomic E-state index is 12.5. The van der Waals surface area contributed by atoms with E-state index in [1.165, 1.54) is 0 Å². The van der Waals surface area contributed by atoms with Crippen LogP contribution in [0.15, 0.2) is 0 Å². The molecule has 0 radical (unpaired) electrons. The molecule has 122 valence electrons. The molecule has 21 heavy (non-hydrogen) atoms. The molecule has 0 aromatic carbocycles. The van der Waals surface area contributed by atoms with E-state index >= 15 is 0 Å². The van der Waals surface area contributed by atoms with Gasteiger partial charge in [0, 0.05) is 25.6 Å². The van der Waals surface area contributed by atoms with E-state index in [4.69, 9.17) is 0 Å². The van der Waals surface area contributed by atoms with Gasteiger partial charge in [-0.25, -0.2) is 0 Å². The second kappa shape index (κ2) is 9.26. The van der Waals surface area contributed by atoms with Gasteiger partial charge in [-0.15, -0.1) is 12.4 Å². The number of carbonyl (C=O) groups is 2. The number of hydrogen-bond acceptors (Lipinski definition) is 3. The van der Waals surface area contributed by atoms with Gasteiger partial charge in [0.05, 0.1) is 0 Å². The summed E-state index contributed by atoms with van der Waals surface area (Å²) in [5, 5.41) is 6.42. The molecule has 0 aromatic rings. The summed E-state index contributed by atoms with van der Waals surface area (Å²) in [5.74, 6) is 0.178. The van der Waals surface area contributed by atoms with Gasteiger partial charge in [0.25, 0.3) is 0 Å². The quantitative estimate of drug-likeness (QED) is 0.825. The zero-order chi connectivity index (χ0) is 14.4. The van der Waals surface area contributed by atoms with Crippen molar-refractivity contribution < 1.29 is 9.59 Å². The third-order valence-corrected chi connectivity index (χ3v) is 4.23. The molecule has 1 unspecified atom stereocenters. The maximum absolute atomic E-state index is 12.5. The molecule has 0 spiro atoms. The van der Waals surface area contributed by atoms with E-state index < -0.39 is 0 Å². The molecule has 5 nitrogen and oxygen atoms in total. The number of nitrogens with zero attached hydrogens (tertiary/aromatic N) is 1. The van der Waals surface area contributed by atoms with E-state index in [2.05, 4.69) is 10.6 Å². The summed E-state index contributed by atoms with van der Waals surface area (Å²) in [4.78, 5) is 26.4. The molecule has 2 aliphatic heterocycles. The van der Waals surface area contributed by atoms with Crippen LogP contribution in [0, 0.1) is 0 Å². The molecule has 2 rings (SSSR count). The number of likely N-dealkylation sites (tertiary alicyclic amines) is 1. The van der Waals surface area contributed by atoms with Gasteiger partial charge in [0.2, 0.25) is 11.8 Å². The lowest BCUT2D eigenvalue weighted by Gasteiger charge is -2.36. The maximum Gasteiger partial charge on any atom is 0.243 e. The predicted octanol–water partition coefficient (Wildman–Crippen LogP) is 1.46. The Kier molecular flexibility index (Phi) is 8.04. The minimum atomic E-state index is -0.246. The minimum Gasteiger partial charge on any atom is -0.350 e. The van der Waals surface area contributed by atoms with Crippen molar-refractivity contribution >= 4 is 24.2 Å². The van der Waals surface area contributed by atoms with Gasteiger partial charge in [-0.3, -0.25) is 9.59 Å². The van der Waals surface area contributed by atoms with Gasteiger partial charge in [0.1, 0.15) is 6.04 Å². The van der Waals surface area contributed by atoms with Gasteiger partial charge in [0.15, 0.2) is 0 Å². The molecule has 2 heterocycles. The Balaban J connectivity index is 0.00000220. The van der Waals surface area contributed by atoms with E-state index in [1.54, 1.807) is 4.90 Å². The van der Waals surface area contributed by atoms with Crippen LogP contribution in [0.3, 0.4) is 0 Å². The summed E-state index contributed by atoms with van der Waals surface area (Å²) < 4.78 is 0. The molecule has 2 atom stereocenters. The van der Waals surface area contributed by atoms with Crippen molar-refractivity contribution in [2.45, 2.75) is 64.0 Å². The summed E-state index contributed by atoms with van der Waals surface area (Å²) >= 11 is 0. The van der Waals surface area contributed by atoms with Crippen molar-refractivity contribution in [3.63, 3.8) is 0 Å². The number of halogens is 1. The molecule has 2 N–H and O–H groups in total. The Morgan fingerprint density at radius 3 is 2.71 bits per heavy atom. The van der Waals surface area contributed by atoms with Crippen LogP contribution in [0.5, 0.6) is 0 Å². The number of carbonyl (C=O) groups excluding carboxylic acids is 2. The second-order valence-corrected chi connectivity index (χ2v) is 5.90. The van der Waals surface area contributed by atoms with Crippen LogP contribution in [-0.2, 0) is 9.59 Å². The molecule has 0 bridgehead atoms. The monoisotopic (exact) mass is 317 g/mol. The Hall–Kier alpha value is -0.810. The van der Waals surface area contributed by atoms with Crippen molar-refractivity contribution in [3.8, 4) is 0 Å². The zero-order valence-electron chi connectivity index (χ0n) is 12.9. The molecule has 2 aliphatic rings. The van der Waals surface area contributed by atoms with Crippen molar-refractivity contribution in [1.29, 1.82) is 0 Å². The van der Waals surface area contributed by atoms with Gasteiger partial charge in [-0.2, -0.15) is 0 Å². The van der Waals surface area contributed by atoms with Gasteiger partial charge in [-0.05, 0) is 45.1 Å². The van der Waals surface area contributed by atoms with Gasteiger partial charge < -0.3 is 15.5 Å². The fourth-order valence-corrected chi connectivity index (χ4v) is 3.13. The van der Waals surface area contributed by atoms with Crippen molar-refractivity contribution in [1.82, 2.24) is 15.5 Å². The highest BCUT2D eigenvalue weighted by molar-refractivity contribution is 5.88. The lowest BCUT2D eigenvalue weighted by Crippen LogP contribution is -2.55. The fraction of sp³-hybridized carbons (Fsp3) is 0.867. The molecule has 0 aliphatic carbocycles. The van der Waals surface area contributed by atoms with Crippen LogP contribution in [0.1, 0.15) is 51.9 Å². The second-order valence-electron chi connectivity index (χ2n) is 5.90. The highest BCUT2D eigenvalue weighted by Gasteiger charge is 2.32. The Bertz CT molecular complexity index is 346. The molecule has 0 saturated carbocycles. The average molecular weight is 318 g/mol. The number of nitrogens with one attached hydrogen (secondary N) is 2. The summed E-state index contributed by atoms with van der Waals surface area (Å²) in [6.45, 7) is 4.63. The molecular formula is C15H28ClN3O2. The Labute approximate surface area is 133 Å². The largest absolute Gasteiger partial charge is 0.350 e. The van der Waals surface area contributed by atoms with Crippen LogP contribution in [-0.4, -0.2) is 48.4 Å². The topological polar surface area (TPSA) is 61.4 Å². The number of amides is 2. The zero-order valence-corrected chi connectivity index (χ0v) is 13.7. The molecular weight excluding hydrogens is 290 g/mol. The summed E-state index contributed by atoms with van der Waals surface area (Å²) in [6.07, 6.45) is 6.40. The Morgan fingerprint density at radius 1 is 1.24 bits per heavy atom. The first-order valence-electron chi connectivity index (χ1n) is 8.03. The smallest absolute Gasteiger partial charge is 0.243 e. The highest BCUT2D eigenvalue weighted by Crippen LogP contribution is 2.19. The third kappa shape index (κ3) is 5.15. The van der Waals surface area contributed by atoms with Gasteiger partial charge in [-0.1, -0.05) is 6.92 Å². The molecule has 2 saturated heterocycles. The molecule has 2 amide bonds. The highest BCUT2D eigenvalue weighted by atomic mass is 35.5. The summed E-state index contributed by atoms with van der Waals surface area (Å²) in [6, 6.07) is -0.0222. The first-order chi connectivity index (χ1) is 9.72. The first-order valence-corrected chi connectivity index (χ1v) is 8.03. The van der Waals surface area contributed by atoms with Crippen LogP contribution < -0.4 is 10.6 Å². The normalized spacial score (nSPS) is 25.9. The fourth-order valence-electron chi connectivity index (χ4n) is 3.13. The lowest BCUT2D eigenvalue weighted by molar-refractivity contribution is -0.142. The SMILES string of the molecule is CCCC(=O)N1CCCCC1C(=O)N[C@H]1CCCNC1.Cl. The van der Waals surface area contributed by atoms with Crippen molar-refractivity contribution in [2.75, 3.05) is 19.6 Å². The summed E-state index contributed by atoms with van der Waals surface area (Å²) in [5.41, 5.74) is 0. The Morgan fingerprint density at radius 2 is 2.05 bits per heavy atom. The first kappa shape index (κ1) is 18.2. The predicted molar refractivity (Wildman–Crippen MR) is 85.5 cm³/mol. The van der Waals surface area contributed by atoms with Crippen LogP contribution in [0.25, 0.3) is 0 Å². The van der Waals surface area contributed by atoms with E-state index in [0.29, 0.717) is 6.42 Å². The van der Waals surface area contributed by atoms with Crippen LogP contribution in [0.2, 0.25) is 0 Å². The summed E-state index contributed by atoms with van der Waals surface area (Å²) in [7, 11) is 0. The van der Waals surface area contributed by atoms with Crippen LogP contribution >= 0.6 is 12.4 Å². The average Bonchev–Trinajstić information content (AvgIpc) is 2.48.